The van der Waals surface area contributed by atoms with Crippen molar-refractivity contribution >= 4 is 22.5 Å². The number of hydrogen-bond donors (Lipinski definition) is 2. The van der Waals surface area contributed by atoms with E-state index in [4.69, 9.17) is 0 Å². The summed E-state index contributed by atoms with van der Waals surface area (Å²) >= 11 is 0. The smallest absolute Gasteiger partial charge is 0.228 e. The lowest BCUT2D eigenvalue weighted by molar-refractivity contribution is -0.115. The van der Waals surface area contributed by atoms with Crippen molar-refractivity contribution in [3.05, 3.63) is 65.9 Å². The van der Waals surface area contributed by atoms with Crippen LogP contribution in [0.15, 0.2) is 54.7 Å². The summed E-state index contributed by atoms with van der Waals surface area (Å²) in [4.78, 5) is 15.5. The van der Waals surface area contributed by atoms with Crippen LogP contribution in [0, 0.1) is 0 Å². The molecule has 1 aromatic heterocycles. The molecular weight excluding hydrogens is 260 g/mol. The molecule has 0 spiro atoms. The van der Waals surface area contributed by atoms with Crippen LogP contribution in [0.4, 0.5) is 5.69 Å². The predicted molar refractivity (Wildman–Crippen MR) is 86.5 cm³/mol. The van der Waals surface area contributed by atoms with Gasteiger partial charge in [0.25, 0.3) is 0 Å². The highest BCUT2D eigenvalue weighted by Crippen LogP contribution is 2.20. The van der Waals surface area contributed by atoms with Crippen LogP contribution in [-0.2, 0) is 17.6 Å². The average Bonchev–Trinajstić information content (AvgIpc) is 2.91. The first-order valence-electron chi connectivity index (χ1n) is 7.20. The zero-order chi connectivity index (χ0) is 14.7. The fraction of sp³-hybridized carbons (Fsp3) is 0.167. The molecule has 0 atom stereocenters. The molecule has 0 bridgehead atoms. The molecule has 0 unspecified atom stereocenters. The molecule has 0 aliphatic heterocycles. The number of carbonyl (C=O) groups is 1. The molecule has 2 aromatic carbocycles. The maximum atomic E-state index is 12.3. The third-order valence-corrected chi connectivity index (χ3v) is 3.70. The molecule has 21 heavy (non-hydrogen) atoms. The number of benzene rings is 2. The van der Waals surface area contributed by atoms with Crippen LogP contribution in [0.25, 0.3) is 10.9 Å². The molecular formula is C18H18N2O. The molecule has 0 aliphatic rings. The lowest BCUT2D eigenvalue weighted by Crippen LogP contribution is -2.15. The number of H-pyrrole nitrogens is 1. The number of aromatic nitrogens is 1. The van der Waals surface area contributed by atoms with Crippen molar-refractivity contribution in [3.63, 3.8) is 0 Å². The number of aryl methyl sites for hydroxylation is 1. The van der Waals surface area contributed by atoms with Crippen LogP contribution < -0.4 is 5.32 Å². The Morgan fingerprint density at radius 3 is 2.67 bits per heavy atom. The summed E-state index contributed by atoms with van der Waals surface area (Å²) in [6.45, 7) is 2.09. The average molecular weight is 278 g/mol. The first-order chi connectivity index (χ1) is 10.3. The Balaban J connectivity index is 1.77. The third-order valence-electron chi connectivity index (χ3n) is 3.70. The highest BCUT2D eigenvalue weighted by atomic mass is 16.1. The monoisotopic (exact) mass is 278 g/mol. The lowest BCUT2D eigenvalue weighted by Gasteiger charge is -2.09. The van der Waals surface area contributed by atoms with Crippen LogP contribution in [0.5, 0.6) is 0 Å². The van der Waals surface area contributed by atoms with E-state index in [1.165, 1.54) is 0 Å². The van der Waals surface area contributed by atoms with E-state index in [2.05, 4.69) is 17.2 Å². The second-order valence-corrected chi connectivity index (χ2v) is 5.10. The Labute approximate surface area is 124 Å². The second-order valence-electron chi connectivity index (χ2n) is 5.10. The molecule has 0 radical (unpaired) electrons. The van der Waals surface area contributed by atoms with Gasteiger partial charge in [-0.15, -0.1) is 0 Å². The molecule has 0 saturated heterocycles. The van der Waals surface area contributed by atoms with Gasteiger partial charge >= 0.3 is 0 Å². The number of para-hydroxylation sites is 2. The van der Waals surface area contributed by atoms with Gasteiger partial charge in [-0.1, -0.05) is 43.3 Å². The first kappa shape index (κ1) is 13.4. The quantitative estimate of drug-likeness (QED) is 0.746. The summed E-state index contributed by atoms with van der Waals surface area (Å²) in [7, 11) is 0. The number of anilines is 1. The number of nitrogens with one attached hydrogen (secondary N) is 2. The van der Waals surface area contributed by atoms with Gasteiger partial charge < -0.3 is 10.3 Å². The number of hydrogen-bond acceptors (Lipinski definition) is 1. The van der Waals surface area contributed by atoms with Gasteiger partial charge in [0.1, 0.15) is 0 Å². The standard InChI is InChI=1S/C18H18N2O/c1-2-13-7-3-5-9-16(13)20-18(21)11-14-12-19-17-10-6-4-8-15(14)17/h3-10,12,19H,2,11H2,1H3,(H,20,21). The van der Waals surface area contributed by atoms with E-state index in [1.54, 1.807) is 0 Å². The van der Waals surface area contributed by atoms with Gasteiger partial charge in [0.15, 0.2) is 0 Å². The van der Waals surface area contributed by atoms with Crippen LogP contribution in [0.3, 0.4) is 0 Å². The molecule has 0 fully saturated rings. The van der Waals surface area contributed by atoms with Crippen molar-refractivity contribution in [2.75, 3.05) is 5.32 Å². The molecule has 106 valence electrons. The summed E-state index contributed by atoms with van der Waals surface area (Å²) in [5, 5.41) is 4.12. The van der Waals surface area contributed by atoms with E-state index in [0.717, 1.165) is 34.1 Å². The first-order valence-corrected chi connectivity index (χ1v) is 7.20. The molecule has 1 amide bonds. The van der Waals surface area contributed by atoms with Crippen LogP contribution in [0.2, 0.25) is 0 Å². The topological polar surface area (TPSA) is 44.9 Å². The number of amides is 1. The maximum Gasteiger partial charge on any atom is 0.228 e. The summed E-state index contributed by atoms with van der Waals surface area (Å²) < 4.78 is 0. The zero-order valence-corrected chi connectivity index (χ0v) is 12.0. The van der Waals surface area contributed by atoms with Gasteiger partial charge in [0, 0.05) is 22.8 Å². The molecule has 3 heteroatoms. The predicted octanol–water partition coefficient (Wildman–Crippen LogP) is 3.91. The van der Waals surface area contributed by atoms with Crippen molar-refractivity contribution < 1.29 is 4.79 Å². The van der Waals surface area contributed by atoms with E-state index in [1.807, 2.05) is 54.7 Å². The molecule has 2 N–H and O–H groups in total. The summed E-state index contributed by atoms with van der Waals surface area (Å²) in [6.07, 6.45) is 3.20. The van der Waals surface area contributed by atoms with E-state index in [-0.39, 0.29) is 5.91 Å². The van der Waals surface area contributed by atoms with Gasteiger partial charge in [-0.2, -0.15) is 0 Å². The second kappa shape index (κ2) is 5.83. The van der Waals surface area contributed by atoms with E-state index in [0.29, 0.717) is 6.42 Å². The van der Waals surface area contributed by atoms with Crippen molar-refractivity contribution in [2.24, 2.45) is 0 Å². The fourth-order valence-corrected chi connectivity index (χ4v) is 2.60. The van der Waals surface area contributed by atoms with Gasteiger partial charge in [-0.25, -0.2) is 0 Å². The summed E-state index contributed by atoms with van der Waals surface area (Å²) in [5.74, 6) is 0.0145. The fourth-order valence-electron chi connectivity index (χ4n) is 2.60. The van der Waals surface area contributed by atoms with Gasteiger partial charge in [-0.3, -0.25) is 4.79 Å². The normalized spacial score (nSPS) is 10.7. The van der Waals surface area contributed by atoms with Gasteiger partial charge in [0.05, 0.1) is 6.42 Å². The summed E-state index contributed by atoms with van der Waals surface area (Å²) in [6, 6.07) is 16.0. The lowest BCUT2D eigenvalue weighted by atomic mass is 10.1. The highest BCUT2D eigenvalue weighted by Gasteiger charge is 2.10. The molecule has 3 rings (SSSR count). The Kier molecular flexibility index (Phi) is 3.73. The third kappa shape index (κ3) is 2.82. The highest BCUT2D eigenvalue weighted by molar-refractivity contribution is 5.96. The molecule has 3 nitrogen and oxygen atoms in total. The number of aromatic amines is 1. The molecule has 1 heterocycles. The minimum absolute atomic E-state index is 0.0145. The number of rotatable bonds is 4. The van der Waals surface area contributed by atoms with E-state index >= 15 is 0 Å². The Hall–Kier alpha value is -2.55. The van der Waals surface area contributed by atoms with Crippen molar-refractivity contribution in [2.45, 2.75) is 19.8 Å². The number of fused-ring (bicyclic) bond motifs is 1. The zero-order valence-electron chi connectivity index (χ0n) is 12.0. The Bertz CT molecular complexity index is 773. The van der Waals surface area contributed by atoms with Crippen molar-refractivity contribution in [1.29, 1.82) is 0 Å². The van der Waals surface area contributed by atoms with Crippen LogP contribution in [0.1, 0.15) is 18.1 Å². The maximum absolute atomic E-state index is 12.3. The van der Waals surface area contributed by atoms with Crippen LogP contribution >= 0.6 is 0 Å². The van der Waals surface area contributed by atoms with Crippen molar-refractivity contribution in [1.82, 2.24) is 4.98 Å². The van der Waals surface area contributed by atoms with Crippen molar-refractivity contribution in [3.8, 4) is 0 Å². The Morgan fingerprint density at radius 2 is 1.81 bits per heavy atom. The van der Waals surface area contributed by atoms with E-state index in [9.17, 15) is 4.79 Å². The molecule has 0 aliphatic carbocycles. The largest absolute Gasteiger partial charge is 0.361 e. The number of carbonyl (C=O) groups excluding carboxylic acids is 1. The molecule has 0 saturated carbocycles. The van der Waals surface area contributed by atoms with E-state index < -0.39 is 0 Å². The minimum atomic E-state index is 0.0145. The van der Waals surface area contributed by atoms with Gasteiger partial charge in [-0.05, 0) is 29.7 Å². The minimum Gasteiger partial charge on any atom is -0.361 e. The molecule has 3 aromatic rings. The Morgan fingerprint density at radius 1 is 1.05 bits per heavy atom. The van der Waals surface area contributed by atoms with Gasteiger partial charge in [0.2, 0.25) is 5.91 Å². The summed E-state index contributed by atoms with van der Waals surface area (Å²) in [5.41, 5.74) is 4.15. The SMILES string of the molecule is CCc1ccccc1NC(=O)Cc1c[nH]c2ccccc12. The van der Waals surface area contributed by atoms with Crippen LogP contribution in [-0.4, -0.2) is 10.9 Å².